The van der Waals surface area contributed by atoms with Crippen molar-refractivity contribution in [1.29, 1.82) is 0 Å². The first-order chi connectivity index (χ1) is 7.99. The lowest BCUT2D eigenvalue weighted by Gasteiger charge is -2.14. The normalized spacial score (nSPS) is 11.1. The van der Waals surface area contributed by atoms with Gasteiger partial charge in [0.2, 0.25) is 5.91 Å². The van der Waals surface area contributed by atoms with Gasteiger partial charge in [0.25, 0.3) is 0 Å². The van der Waals surface area contributed by atoms with Crippen LogP contribution in [0.15, 0.2) is 0 Å². The van der Waals surface area contributed by atoms with Gasteiger partial charge < -0.3 is 10.4 Å². The van der Waals surface area contributed by atoms with Crippen LogP contribution in [-0.4, -0.2) is 29.1 Å². The molecule has 0 fully saturated rings. The number of terminal acetylenes is 1. The van der Waals surface area contributed by atoms with Gasteiger partial charge in [-0.15, -0.1) is 12.3 Å². The number of nitrogens with one attached hydrogen (secondary N) is 2. The maximum absolute atomic E-state index is 11.3. The number of amides is 3. The molecule has 0 spiro atoms. The van der Waals surface area contributed by atoms with Crippen molar-refractivity contribution < 1.29 is 19.5 Å². The average Bonchev–Trinajstić information content (AvgIpc) is 2.25. The van der Waals surface area contributed by atoms with Crippen LogP contribution in [0.5, 0.6) is 0 Å². The summed E-state index contributed by atoms with van der Waals surface area (Å²) in [6.45, 7) is 1.86. The molecule has 1 atom stereocenters. The summed E-state index contributed by atoms with van der Waals surface area (Å²) < 4.78 is 0. The Labute approximate surface area is 99.8 Å². The molecule has 94 valence electrons. The van der Waals surface area contributed by atoms with Gasteiger partial charge in [-0.2, -0.15) is 0 Å². The average molecular weight is 240 g/mol. The third-order valence-corrected chi connectivity index (χ3v) is 2.01. The fraction of sp³-hybridized carbons (Fsp3) is 0.545. The molecule has 3 amide bonds. The van der Waals surface area contributed by atoms with E-state index < -0.39 is 17.9 Å². The monoisotopic (exact) mass is 240 g/mol. The minimum absolute atomic E-state index is 0.188. The number of carbonyl (C=O) groups is 3. The Balaban J connectivity index is 3.96. The summed E-state index contributed by atoms with van der Waals surface area (Å²) in [5.41, 5.74) is 0. The van der Waals surface area contributed by atoms with Gasteiger partial charge >= 0.3 is 12.0 Å². The van der Waals surface area contributed by atoms with E-state index in [-0.39, 0.29) is 18.9 Å². The Morgan fingerprint density at radius 1 is 1.35 bits per heavy atom. The molecule has 0 rings (SSSR count). The number of hydrogen-bond donors (Lipinski definition) is 3. The molecule has 1 unspecified atom stereocenters. The Bertz CT molecular complexity index is 333. The molecular weight excluding hydrogens is 224 g/mol. The van der Waals surface area contributed by atoms with Crippen molar-refractivity contribution in [3.05, 3.63) is 0 Å². The summed E-state index contributed by atoms with van der Waals surface area (Å²) in [7, 11) is 0. The molecule has 17 heavy (non-hydrogen) atoms. The molecule has 0 bridgehead atoms. The zero-order valence-electron chi connectivity index (χ0n) is 9.66. The van der Waals surface area contributed by atoms with Gasteiger partial charge in [0.15, 0.2) is 0 Å². The molecule has 0 saturated carbocycles. The second kappa shape index (κ2) is 8.16. The van der Waals surface area contributed by atoms with Crippen molar-refractivity contribution in [3.63, 3.8) is 0 Å². The highest BCUT2D eigenvalue weighted by Gasteiger charge is 2.12. The molecule has 0 heterocycles. The Hall–Kier alpha value is -2.03. The third kappa shape index (κ3) is 7.85. The number of aliphatic carboxylic acids is 1. The van der Waals surface area contributed by atoms with E-state index in [9.17, 15) is 14.4 Å². The van der Waals surface area contributed by atoms with Crippen LogP contribution in [0.3, 0.4) is 0 Å². The number of hydrogen-bond acceptors (Lipinski definition) is 3. The first kappa shape index (κ1) is 15.0. The van der Waals surface area contributed by atoms with Crippen molar-refractivity contribution >= 4 is 17.9 Å². The second-order valence-electron chi connectivity index (χ2n) is 3.43. The van der Waals surface area contributed by atoms with Crippen molar-refractivity contribution in [2.45, 2.75) is 38.6 Å². The largest absolute Gasteiger partial charge is 0.481 e. The standard InChI is InChI=1S/C11H16N2O4/c1-3-5-8(4-2)12-11(17)13-9(14)6-7-10(15)16/h1,8H,4-7H2,2H3,(H,15,16)(H2,12,13,14,17). The zero-order chi connectivity index (χ0) is 13.3. The van der Waals surface area contributed by atoms with E-state index in [4.69, 9.17) is 11.5 Å². The van der Waals surface area contributed by atoms with Crippen molar-refractivity contribution in [3.8, 4) is 12.3 Å². The van der Waals surface area contributed by atoms with Crippen LogP contribution in [0.1, 0.15) is 32.6 Å². The van der Waals surface area contributed by atoms with Gasteiger partial charge in [-0.1, -0.05) is 6.92 Å². The van der Waals surface area contributed by atoms with Crippen LogP contribution in [-0.2, 0) is 9.59 Å². The van der Waals surface area contributed by atoms with Crippen LogP contribution in [0.2, 0.25) is 0 Å². The molecule has 6 heteroatoms. The predicted octanol–water partition coefficient (Wildman–Crippen LogP) is 0.479. The van der Waals surface area contributed by atoms with Crippen molar-refractivity contribution in [2.75, 3.05) is 0 Å². The van der Waals surface area contributed by atoms with Gasteiger partial charge in [-0.3, -0.25) is 14.9 Å². The van der Waals surface area contributed by atoms with Crippen LogP contribution in [0, 0.1) is 12.3 Å². The van der Waals surface area contributed by atoms with E-state index in [1.807, 2.05) is 12.2 Å². The van der Waals surface area contributed by atoms with E-state index in [1.54, 1.807) is 0 Å². The number of carbonyl (C=O) groups excluding carboxylic acids is 2. The Kier molecular flexibility index (Phi) is 7.19. The van der Waals surface area contributed by atoms with Crippen LogP contribution in [0.4, 0.5) is 4.79 Å². The summed E-state index contributed by atoms with van der Waals surface area (Å²) in [6.07, 6.45) is 5.61. The van der Waals surface area contributed by atoms with Crippen LogP contribution < -0.4 is 10.6 Å². The van der Waals surface area contributed by atoms with Crippen LogP contribution in [0.25, 0.3) is 0 Å². The topological polar surface area (TPSA) is 95.5 Å². The molecule has 0 aromatic rings. The van der Waals surface area contributed by atoms with Crippen molar-refractivity contribution in [1.82, 2.24) is 10.6 Å². The molecule has 0 saturated heterocycles. The summed E-state index contributed by atoms with van der Waals surface area (Å²) in [6, 6.07) is -0.838. The third-order valence-electron chi connectivity index (χ3n) is 2.01. The van der Waals surface area contributed by atoms with Gasteiger partial charge in [0, 0.05) is 18.9 Å². The fourth-order valence-corrected chi connectivity index (χ4v) is 1.07. The summed E-state index contributed by atoms with van der Waals surface area (Å²) >= 11 is 0. The maximum Gasteiger partial charge on any atom is 0.321 e. The maximum atomic E-state index is 11.3. The van der Waals surface area contributed by atoms with E-state index in [0.29, 0.717) is 12.8 Å². The lowest BCUT2D eigenvalue weighted by molar-refractivity contribution is -0.138. The molecule has 0 aliphatic heterocycles. The predicted molar refractivity (Wildman–Crippen MR) is 61.1 cm³/mol. The first-order valence-corrected chi connectivity index (χ1v) is 5.25. The second-order valence-corrected chi connectivity index (χ2v) is 3.43. The molecule has 0 aliphatic carbocycles. The zero-order valence-corrected chi connectivity index (χ0v) is 9.66. The van der Waals surface area contributed by atoms with E-state index in [2.05, 4.69) is 11.2 Å². The lowest BCUT2D eigenvalue weighted by atomic mass is 10.2. The molecule has 3 N–H and O–H groups in total. The van der Waals surface area contributed by atoms with E-state index >= 15 is 0 Å². The highest BCUT2D eigenvalue weighted by atomic mass is 16.4. The molecule has 6 nitrogen and oxygen atoms in total. The molecule has 0 radical (unpaired) electrons. The number of imide groups is 1. The number of rotatable bonds is 6. The number of urea groups is 1. The highest BCUT2D eigenvalue weighted by molar-refractivity contribution is 5.95. The summed E-state index contributed by atoms with van der Waals surface area (Å²) in [5, 5.41) is 12.9. The summed E-state index contributed by atoms with van der Waals surface area (Å²) in [4.78, 5) is 32.6. The van der Waals surface area contributed by atoms with Gasteiger partial charge in [-0.05, 0) is 6.42 Å². The molecule has 0 aliphatic rings. The van der Waals surface area contributed by atoms with Crippen molar-refractivity contribution in [2.24, 2.45) is 0 Å². The van der Waals surface area contributed by atoms with Gasteiger partial charge in [0.1, 0.15) is 0 Å². The smallest absolute Gasteiger partial charge is 0.321 e. The van der Waals surface area contributed by atoms with Crippen LogP contribution >= 0.6 is 0 Å². The molecular formula is C11H16N2O4. The Morgan fingerprint density at radius 2 is 2.00 bits per heavy atom. The number of carboxylic acid groups (broad SMARTS) is 1. The number of carboxylic acids is 1. The fourth-order valence-electron chi connectivity index (χ4n) is 1.07. The summed E-state index contributed by atoms with van der Waals surface area (Å²) in [5.74, 6) is 0.704. The minimum atomic E-state index is -1.08. The quantitative estimate of drug-likeness (QED) is 0.588. The minimum Gasteiger partial charge on any atom is -0.481 e. The van der Waals surface area contributed by atoms with E-state index in [0.717, 1.165) is 0 Å². The molecule has 0 aromatic carbocycles. The SMILES string of the molecule is C#CCC(CC)NC(=O)NC(=O)CCC(=O)O. The lowest BCUT2D eigenvalue weighted by Crippen LogP contribution is -2.44. The van der Waals surface area contributed by atoms with E-state index in [1.165, 1.54) is 0 Å². The molecule has 0 aromatic heterocycles. The highest BCUT2D eigenvalue weighted by Crippen LogP contribution is 1.95. The Morgan fingerprint density at radius 3 is 2.47 bits per heavy atom. The first-order valence-electron chi connectivity index (χ1n) is 5.25. The van der Waals surface area contributed by atoms with Gasteiger partial charge in [0.05, 0.1) is 6.42 Å². The van der Waals surface area contributed by atoms with Gasteiger partial charge in [-0.25, -0.2) is 4.79 Å².